The molecule has 5 nitrogen and oxygen atoms in total. The van der Waals surface area contributed by atoms with Gasteiger partial charge in [0, 0.05) is 18.8 Å². The fourth-order valence-corrected chi connectivity index (χ4v) is 2.32. The second-order valence-electron chi connectivity index (χ2n) is 4.42. The number of nitrogens with zero attached hydrogens (tertiary/aromatic N) is 5. The van der Waals surface area contributed by atoms with Gasteiger partial charge in [0.25, 0.3) is 0 Å². The van der Waals surface area contributed by atoms with E-state index in [1.54, 1.807) is 11.0 Å². The zero-order chi connectivity index (χ0) is 11.7. The third-order valence-corrected chi connectivity index (χ3v) is 3.25. The second kappa shape index (κ2) is 4.16. The van der Waals surface area contributed by atoms with Gasteiger partial charge in [-0.2, -0.15) is 0 Å². The van der Waals surface area contributed by atoms with E-state index in [0.29, 0.717) is 0 Å². The van der Waals surface area contributed by atoms with E-state index in [9.17, 15) is 0 Å². The summed E-state index contributed by atoms with van der Waals surface area (Å²) in [5.41, 5.74) is 3.63. The molecule has 1 saturated heterocycles. The first kappa shape index (κ1) is 10.3. The second-order valence-corrected chi connectivity index (χ2v) is 4.42. The average Bonchev–Trinajstić information content (AvgIpc) is 3.03. The minimum atomic E-state index is 1.02. The van der Waals surface area contributed by atoms with Gasteiger partial charge in [-0.15, -0.1) is 5.10 Å². The predicted octanol–water partition coefficient (Wildman–Crippen LogP) is 1.57. The molecule has 0 unspecified atom stereocenters. The van der Waals surface area contributed by atoms with Crippen LogP contribution >= 0.6 is 0 Å². The van der Waals surface area contributed by atoms with E-state index in [1.807, 2.05) is 6.07 Å². The first-order chi connectivity index (χ1) is 8.34. The highest BCUT2D eigenvalue weighted by atomic mass is 15.5. The van der Waals surface area contributed by atoms with Gasteiger partial charge in [-0.25, -0.2) is 4.68 Å². The molecule has 1 aromatic heterocycles. The molecule has 3 rings (SSSR count). The molecule has 0 N–H and O–H groups in total. The molecule has 88 valence electrons. The Morgan fingerprint density at radius 2 is 2.00 bits per heavy atom. The standard InChI is InChI=1S/C12H15N5/c1-10-4-5-11(17-9-13-14-15-17)8-12(10)16-6-2-3-7-16/h4-5,8-9H,2-3,6-7H2,1H3. The van der Waals surface area contributed by atoms with Gasteiger partial charge in [-0.05, 0) is 47.9 Å². The van der Waals surface area contributed by atoms with Crippen LogP contribution in [0.4, 0.5) is 5.69 Å². The monoisotopic (exact) mass is 229 g/mol. The van der Waals surface area contributed by atoms with E-state index in [4.69, 9.17) is 0 Å². The third kappa shape index (κ3) is 1.88. The summed E-state index contributed by atoms with van der Waals surface area (Å²) in [7, 11) is 0. The van der Waals surface area contributed by atoms with Crippen molar-refractivity contribution >= 4 is 5.69 Å². The molecule has 1 fully saturated rings. The highest BCUT2D eigenvalue weighted by Gasteiger charge is 2.15. The van der Waals surface area contributed by atoms with Crippen LogP contribution in [0.3, 0.4) is 0 Å². The number of rotatable bonds is 2. The molecule has 1 aliphatic rings. The number of aryl methyl sites for hydroxylation is 1. The van der Waals surface area contributed by atoms with E-state index in [2.05, 4.69) is 39.5 Å². The summed E-state index contributed by atoms with van der Waals surface area (Å²) in [6.45, 7) is 4.46. The molecule has 1 aliphatic heterocycles. The molecule has 1 aromatic carbocycles. The smallest absolute Gasteiger partial charge is 0.143 e. The van der Waals surface area contributed by atoms with E-state index in [-0.39, 0.29) is 0 Å². The Hall–Kier alpha value is -1.91. The molecule has 0 spiro atoms. The van der Waals surface area contributed by atoms with Crippen molar-refractivity contribution < 1.29 is 0 Å². The molecule has 5 heteroatoms. The van der Waals surface area contributed by atoms with Crippen molar-refractivity contribution in [3.8, 4) is 5.69 Å². The average molecular weight is 229 g/mol. The molecule has 0 saturated carbocycles. The Balaban J connectivity index is 2.00. The van der Waals surface area contributed by atoms with Gasteiger partial charge in [0.1, 0.15) is 6.33 Å². The van der Waals surface area contributed by atoms with Crippen LogP contribution in [-0.4, -0.2) is 33.3 Å². The summed E-state index contributed by atoms with van der Waals surface area (Å²) in [6.07, 6.45) is 4.20. The SMILES string of the molecule is Cc1ccc(-n2cnnn2)cc1N1CCCC1. The topological polar surface area (TPSA) is 46.8 Å². The molecule has 17 heavy (non-hydrogen) atoms. The zero-order valence-corrected chi connectivity index (χ0v) is 9.87. The van der Waals surface area contributed by atoms with Crippen LogP contribution in [0.5, 0.6) is 0 Å². The fraction of sp³-hybridized carbons (Fsp3) is 0.417. The van der Waals surface area contributed by atoms with Gasteiger partial charge in [0.2, 0.25) is 0 Å². The number of hydrogen-bond acceptors (Lipinski definition) is 4. The van der Waals surface area contributed by atoms with Crippen molar-refractivity contribution in [2.24, 2.45) is 0 Å². The van der Waals surface area contributed by atoms with Gasteiger partial charge >= 0.3 is 0 Å². The zero-order valence-electron chi connectivity index (χ0n) is 9.87. The molecule has 0 aliphatic carbocycles. The maximum atomic E-state index is 3.92. The number of tetrazole rings is 1. The predicted molar refractivity (Wildman–Crippen MR) is 65.3 cm³/mol. The number of aromatic nitrogens is 4. The van der Waals surface area contributed by atoms with E-state index < -0.39 is 0 Å². The van der Waals surface area contributed by atoms with Crippen LogP contribution < -0.4 is 4.90 Å². The molecule has 0 radical (unpaired) electrons. The van der Waals surface area contributed by atoms with Crippen molar-refractivity contribution in [2.45, 2.75) is 19.8 Å². The molecular weight excluding hydrogens is 214 g/mol. The first-order valence-corrected chi connectivity index (χ1v) is 5.93. The third-order valence-electron chi connectivity index (χ3n) is 3.25. The Labute approximate surface area is 100 Å². The van der Waals surface area contributed by atoms with Gasteiger partial charge < -0.3 is 4.90 Å². The number of anilines is 1. The van der Waals surface area contributed by atoms with Gasteiger partial charge in [0.05, 0.1) is 5.69 Å². The summed E-state index contributed by atoms with van der Waals surface area (Å²) in [5, 5.41) is 11.3. The Kier molecular flexibility index (Phi) is 2.51. The van der Waals surface area contributed by atoms with Crippen LogP contribution in [0.2, 0.25) is 0 Å². The Morgan fingerprint density at radius 1 is 1.18 bits per heavy atom. The van der Waals surface area contributed by atoms with Gasteiger partial charge in [-0.3, -0.25) is 0 Å². The van der Waals surface area contributed by atoms with Crippen molar-refractivity contribution in [1.82, 2.24) is 20.2 Å². The molecule has 0 atom stereocenters. The number of hydrogen-bond donors (Lipinski definition) is 0. The Bertz CT molecular complexity index is 500. The van der Waals surface area contributed by atoms with Crippen LogP contribution in [0.1, 0.15) is 18.4 Å². The lowest BCUT2D eigenvalue weighted by Crippen LogP contribution is -2.19. The molecule has 0 bridgehead atoms. The molecule has 2 aromatic rings. The lowest BCUT2D eigenvalue weighted by atomic mass is 10.1. The van der Waals surface area contributed by atoms with Crippen LogP contribution in [0, 0.1) is 6.92 Å². The maximum absolute atomic E-state index is 3.92. The number of benzene rings is 1. The van der Waals surface area contributed by atoms with Crippen molar-refractivity contribution in [1.29, 1.82) is 0 Å². The maximum Gasteiger partial charge on any atom is 0.143 e. The summed E-state index contributed by atoms with van der Waals surface area (Å²) in [5.74, 6) is 0. The van der Waals surface area contributed by atoms with Crippen molar-refractivity contribution in [3.05, 3.63) is 30.1 Å². The van der Waals surface area contributed by atoms with Crippen LogP contribution in [-0.2, 0) is 0 Å². The van der Waals surface area contributed by atoms with E-state index in [1.165, 1.54) is 24.1 Å². The minimum Gasteiger partial charge on any atom is -0.371 e. The van der Waals surface area contributed by atoms with Gasteiger partial charge in [0.15, 0.2) is 0 Å². The summed E-state index contributed by atoms with van der Waals surface area (Å²) < 4.78 is 1.69. The van der Waals surface area contributed by atoms with Gasteiger partial charge in [-0.1, -0.05) is 6.07 Å². The highest BCUT2D eigenvalue weighted by Crippen LogP contribution is 2.26. The molecular formula is C12H15N5. The summed E-state index contributed by atoms with van der Waals surface area (Å²) in [4.78, 5) is 2.43. The largest absolute Gasteiger partial charge is 0.371 e. The normalized spacial score (nSPS) is 15.5. The van der Waals surface area contributed by atoms with Crippen LogP contribution in [0.25, 0.3) is 5.69 Å². The van der Waals surface area contributed by atoms with Crippen molar-refractivity contribution in [2.75, 3.05) is 18.0 Å². The minimum absolute atomic E-state index is 1.02. The van der Waals surface area contributed by atoms with Crippen molar-refractivity contribution in [3.63, 3.8) is 0 Å². The fourth-order valence-electron chi connectivity index (χ4n) is 2.32. The van der Waals surface area contributed by atoms with Crippen LogP contribution in [0.15, 0.2) is 24.5 Å². The molecule has 2 heterocycles. The quantitative estimate of drug-likeness (QED) is 0.784. The summed E-state index contributed by atoms with van der Waals surface area (Å²) >= 11 is 0. The summed E-state index contributed by atoms with van der Waals surface area (Å²) in [6, 6.07) is 6.34. The van der Waals surface area contributed by atoms with E-state index in [0.717, 1.165) is 18.8 Å². The first-order valence-electron chi connectivity index (χ1n) is 5.93. The molecule has 0 amide bonds. The highest BCUT2D eigenvalue weighted by molar-refractivity contribution is 5.58. The Morgan fingerprint density at radius 3 is 2.71 bits per heavy atom. The lowest BCUT2D eigenvalue weighted by Gasteiger charge is -2.20. The lowest BCUT2D eigenvalue weighted by molar-refractivity contribution is 0.788. The van der Waals surface area contributed by atoms with E-state index >= 15 is 0 Å².